The van der Waals surface area contributed by atoms with Gasteiger partial charge in [-0.1, -0.05) is 24.3 Å². The maximum absolute atomic E-state index is 13.4. The summed E-state index contributed by atoms with van der Waals surface area (Å²) in [5.74, 6) is 0.446. The molecule has 194 valence electrons. The predicted molar refractivity (Wildman–Crippen MR) is 140 cm³/mol. The van der Waals surface area contributed by atoms with E-state index in [-0.39, 0.29) is 17.6 Å². The van der Waals surface area contributed by atoms with Gasteiger partial charge in [-0.15, -0.1) is 0 Å². The van der Waals surface area contributed by atoms with Gasteiger partial charge < -0.3 is 14.2 Å². The largest absolute Gasteiger partial charge is 0.497 e. The summed E-state index contributed by atoms with van der Waals surface area (Å²) in [6.07, 6.45) is 8.96. The van der Waals surface area contributed by atoms with Crippen molar-refractivity contribution in [2.24, 2.45) is 0 Å². The first-order valence-electron chi connectivity index (χ1n) is 12.3. The molecule has 3 aromatic rings. The molecule has 1 aromatic heterocycles. The van der Waals surface area contributed by atoms with Crippen LogP contribution in [-0.2, 0) is 9.53 Å². The number of ether oxygens (including phenoxy) is 3. The molecule has 0 unspecified atom stereocenters. The van der Waals surface area contributed by atoms with Crippen molar-refractivity contribution in [1.82, 2.24) is 20.4 Å². The number of amides is 1. The molecule has 1 amide bonds. The van der Waals surface area contributed by atoms with Crippen molar-refractivity contribution in [2.45, 2.75) is 25.3 Å². The highest BCUT2D eigenvalue weighted by atomic mass is 16.5. The number of hydrazine groups is 1. The zero-order valence-corrected chi connectivity index (χ0v) is 21.2. The fourth-order valence-corrected chi connectivity index (χ4v) is 4.75. The minimum Gasteiger partial charge on any atom is -0.497 e. The van der Waals surface area contributed by atoms with E-state index in [1.165, 1.54) is 18.6 Å². The zero-order chi connectivity index (χ0) is 26.5. The normalized spacial score (nSPS) is 17.6. The Balaban J connectivity index is 1.43. The van der Waals surface area contributed by atoms with Crippen LogP contribution in [-0.4, -0.2) is 47.7 Å². The molecule has 0 fully saturated rings. The first kappa shape index (κ1) is 25.0. The van der Waals surface area contributed by atoms with Gasteiger partial charge in [0, 0.05) is 12.4 Å². The maximum atomic E-state index is 13.4. The lowest BCUT2D eigenvalue weighted by atomic mass is 9.86. The third-order valence-electron chi connectivity index (χ3n) is 6.61. The Kier molecular flexibility index (Phi) is 7.35. The molecular formula is C29H28N4O5. The van der Waals surface area contributed by atoms with E-state index in [1.807, 2.05) is 48.5 Å². The molecule has 0 saturated carbocycles. The van der Waals surface area contributed by atoms with Crippen LogP contribution in [0.5, 0.6) is 11.5 Å². The number of hydrogen-bond acceptors (Lipinski definition) is 8. The summed E-state index contributed by atoms with van der Waals surface area (Å²) in [7, 11) is 3.26. The first-order chi connectivity index (χ1) is 18.6. The Labute approximate surface area is 220 Å². The smallest absolute Gasteiger partial charge is 0.359 e. The molecule has 9 heteroatoms. The minimum atomic E-state index is -0.704. The van der Waals surface area contributed by atoms with E-state index in [0.717, 1.165) is 58.7 Å². The van der Waals surface area contributed by atoms with Gasteiger partial charge in [0.15, 0.2) is 12.3 Å². The molecule has 1 aliphatic heterocycles. The molecule has 1 N–H and O–H groups in total. The second kappa shape index (κ2) is 11.2. The van der Waals surface area contributed by atoms with E-state index < -0.39 is 12.6 Å². The number of methoxy groups -OCH3 is 2. The van der Waals surface area contributed by atoms with E-state index >= 15 is 0 Å². The minimum absolute atomic E-state index is 0.0449. The zero-order valence-electron chi connectivity index (χ0n) is 21.2. The van der Waals surface area contributed by atoms with Gasteiger partial charge in [-0.2, -0.15) is 0 Å². The van der Waals surface area contributed by atoms with Crippen LogP contribution in [0.1, 0.15) is 46.9 Å². The third-order valence-corrected chi connectivity index (χ3v) is 6.61. The van der Waals surface area contributed by atoms with E-state index in [4.69, 9.17) is 14.2 Å². The van der Waals surface area contributed by atoms with Crippen molar-refractivity contribution in [3.63, 3.8) is 0 Å². The molecule has 0 bridgehead atoms. The number of aromatic nitrogens is 2. The van der Waals surface area contributed by atoms with Gasteiger partial charge in [0.05, 0.1) is 26.1 Å². The number of nitrogens with one attached hydrogen (secondary N) is 1. The molecule has 2 heterocycles. The standard InChI is InChI=1S/C29H28N4O5/c1-36-22-10-6-19(7-11-22)16-21-4-3-5-24-27(21)32-33(28(24)20-8-12-23(37-2)13-9-20)26(34)18-38-29(35)25-17-30-14-15-31-25/h6-17,28,32H,3-5,18H2,1-2H3/b21-16-/t28-/m1/s1. The monoisotopic (exact) mass is 512 g/mol. The van der Waals surface area contributed by atoms with E-state index in [2.05, 4.69) is 21.5 Å². The lowest BCUT2D eigenvalue weighted by molar-refractivity contribution is -0.138. The van der Waals surface area contributed by atoms with Gasteiger partial charge >= 0.3 is 5.97 Å². The number of carbonyl (C=O) groups is 2. The number of carbonyl (C=O) groups excluding carboxylic acids is 2. The molecule has 0 radical (unpaired) electrons. The molecule has 0 saturated heterocycles. The Morgan fingerprint density at radius 2 is 1.71 bits per heavy atom. The van der Waals surface area contributed by atoms with Crippen LogP contribution in [0.25, 0.3) is 6.08 Å². The van der Waals surface area contributed by atoms with Gasteiger partial charge in [-0.25, -0.2) is 14.8 Å². The third kappa shape index (κ3) is 5.22. The molecule has 2 aliphatic rings. The van der Waals surface area contributed by atoms with Crippen molar-refractivity contribution < 1.29 is 23.8 Å². The van der Waals surface area contributed by atoms with Crippen molar-refractivity contribution in [2.75, 3.05) is 20.8 Å². The van der Waals surface area contributed by atoms with Crippen LogP contribution in [0.4, 0.5) is 0 Å². The highest BCUT2D eigenvalue weighted by molar-refractivity contribution is 5.89. The van der Waals surface area contributed by atoms with Crippen LogP contribution in [0.15, 0.2) is 84.0 Å². The Hall–Kier alpha value is -4.66. The molecule has 1 aliphatic carbocycles. The van der Waals surface area contributed by atoms with Gasteiger partial charge in [0.1, 0.15) is 17.5 Å². The lowest BCUT2D eigenvalue weighted by Crippen LogP contribution is -2.42. The molecule has 2 aromatic carbocycles. The number of nitrogens with zero attached hydrogens (tertiary/aromatic N) is 3. The van der Waals surface area contributed by atoms with Crippen LogP contribution in [0.3, 0.4) is 0 Å². The van der Waals surface area contributed by atoms with E-state index in [1.54, 1.807) is 19.2 Å². The molecule has 38 heavy (non-hydrogen) atoms. The topological polar surface area (TPSA) is 103 Å². The average Bonchev–Trinajstić information content (AvgIpc) is 3.37. The number of rotatable bonds is 7. The lowest BCUT2D eigenvalue weighted by Gasteiger charge is -2.27. The molecule has 1 atom stereocenters. The molecule has 9 nitrogen and oxygen atoms in total. The van der Waals surface area contributed by atoms with Gasteiger partial charge in [-0.05, 0) is 71.9 Å². The van der Waals surface area contributed by atoms with Crippen LogP contribution < -0.4 is 14.9 Å². The molecular weight excluding hydrogens is 484 g/mol. The maximum Gasteiger partial charge on any atom is 0.359 e. The fraction of sp³-hybridized carbons (Fsp3) is 0.241. The summed E-state index contributed by atoms with van der Waals surface area (Å²) in [5, 5.41) is 1.56. The number of esters is 1. The summed E-state index contributed by atoms with van der Waals surface area (Å²) in [6, 6.07) is 15.2. The summed E-state index contributed by atoms with van der Waals surface area (Å²) >= 11 is 0. The second-order valence-electron chi connectivity index (χ2n) is 8.91. The van der Waals surface area contributed by atoms with Crippen LogP contribution >= 0.6 is 0 Å². The van der Waals surface area contributed by atoms with E-state index in [0.29, 0.717) is 0 Å². The second-order valence-corrected chi connectivity index (χ2v) is 8.91. The van der Waals surface area contributed by atoms with E-state index in [9.17, 15) is 9.59 Å². The fourth-order valence-electron chi connectivity index (χ4n) is 4.75. The summed E-state index contributed by atoms with van der Waals surface area (Å²) in [6.45, 7) is -0.437. The van der Waals surface area contributed by atoms with Gasteiger partial charge in [0.2, 0.25) is 0 Å². The van der Waals surface area contributed by atoms with Gasteiger partial charge in [0.25, 0.3) is 5.91 Å². The summed E-state index contributed by atoms with van der Waals surface area (Å²) in [5.41, 5.74) is 8.53. The SMILES string of the molecule is COc1ccc(/C=C2/CCCC3=C2NN(C(=O)COC(=O)c2cnccn2)[C@@H]3c2ccc(OC)cc2)cc1. The van der Waals surface area contributed by atoms with Crippen molar-refractivity contribution in [3.05, 3.63) is 101 Å². The highest BCUT2D eigenvalue weighted by Gasteiger charge is 2.39. The molecule has 5 rings (SSSR count). The predicted octanol–water partition coefficient (Wildman–Crippen LogP) is 4.26. The van der Waals surface area contributed by atoms with Crippen LogP contribution in [0, 0.1) is 0 Å². The Morgan fingerprint density at radius 1 is 1.00 bits per heavy atom. The highest BCUT2D eigenvalue weighted by Crippen LogP contribution is 2.44. The van der Waals surface area contributed by atoms with Crippen molar-refractivity contribution in [3.8, 4) is 11.5 Å². The summed E-state index contributed by atoms with van der Waals surface area (Å²) in [4.78, 5) is 33.6. The number of hydrogen-bond donors (Lipinski definition) is 1. The number of allylic oxidation sites excluding steroid dienone is 1. The Bertz CT molecular complexity index is 1370. The average molecular weight is 513 g/mol. The summed E-state index contributed by atoms with van der Waals surface area (Å²) < 4.78 is 15.9. The van der Waals surface area contributed by atoms with Crippen molar-refractivity contribution in [1.29, 1.82) is 0 Å². The first-order valence-corrected chi connectivity index (χ1v) is 12.3. The van der Waals surface area contributed by atoms with Crippen molar-refractivity contribution >= 4 is 18.0 Å². The Morgan fingerprint density at radius 3 is 2.37 bits per heavy atom. The quantitative estimate of drug-likeness (QED) is 0.469. The number of benzene rings is 2. The van der Waals surface area contributed by atoms with Crippen LogP contribution in [0.2, 0.25) is 0 Å². The molecule has 0 spiro atoms. The van der Waals surface area contributed by atoms with Gasteiger partial charge in [-0.3, -0.25) is 15.2 Å².